The number of aromatic amines is 1. The minimum absolute atomic E-state index is 0.0184. The number of hydrogen-bond acceptors (Lipinski definition) is 1. The lowest BCUT2D eigenvalue weighted by Gasteiger charge is -2.14. The van der Waals surface area contributed by atoms with Crippen LogP contribution in [-0.2, 0) is 6.42 Å². The first kappa shape index (κ1) is 23.4. The van der Waals surface area contributed by atoms with Crippen molar-refractivity contribution in [3.05, 3.63) is 111 Å². The maximum Gasteiger partial charge on any atom is 0.214 e. The summed E-state index contributed by atoms with van der Waals surface area (Å²) in [6, 6.07) is 20.0. The van der Waals surface area contributed by atoms with Crippen molar-refractivity contribution in [2.45, 2.75) is 19.7 Å². The van der Waals surface area contributed by atoms with E-state index in [1.807, 2.05) is 55.5 Å². The Morgan fingerprint density at radius 2 is 1.61 bits per heavy atom. The third-order valence-corrected chi connectivity index (χ3v) is 5.83. The Hall–Kier alpha value is -2.27. The van der Waals surface area contributed by atoms with Gasteiger partial charge in [0.25, 0.3) is 0 Å². The molecule has 0 atom stereocenters. The lowest BCUT2D eigenvalue weighted by atomic mass is 9.39. The van der Waals surface area contributed by atoms with Crippen LogP contribution in [0.3, 0.4) is 0 Å². The molecule has 0 amide bonds. The lowest BCUT2D eigenvalue weighted by molar-refractivity contribution is 0.635. The highest BCUT2D eigenvalue weighted by Gasteiger charge is 2.21. The van der Waals surface area contributed by atoms with E-state index in [4.69, 9.17) is 34.8 Å². The third kappa shape index (κ3) is 6.36. The first-order valence-electron chi connectivity index (χ1n) is 9.90. The molecule has 7 heteroatoms. The highest BCUT2D eigenvalue weighted by molar-refractivity contribution is 6.86. The summed E-state index contributed by atoms with van der Waals surface area (Å²) < 4.78 is 13.8. The summed E-state index contributed by atoms with van der Waals surface area (Å²) in [5.74, 6) is 0.730. The zero-order valence-electron chi connectivity index (χ0n) is 17.0. The van der Waals surface area contributed by atoms with Gasteiger partial charge in [-0.05, 0) is 35.3 Å². The molecule has 0 bridgehead atoms. The molecule has 2 nitrogen and oxygen atoms in total. The average molecular weight is 474 g/mol. The quantitative estimate of drug-likeness (QED) is 0.333. The highest BCUT2D eigenvalue weighted by atomic mass is 35.5. The molecule has 1 N–H and O–H groups in total. The number of benzene rings is 3. The van der Waals surface area contributed by atoms with E-state index < -0.39 is 0 Å². The summed E-state index contributed by atoms with van der Waals surface area (Å²) >= 11 is 18.0. The fourth-order valence-electron chi connectivity index (χ4n) is 3.36. The molecule has 1 aromatic heterocycles. The molecule has 4 rings (SSSR count). The summed E-state index contributed by atoms with van der Waals surface area (Å²) in [5, 5.41) is 2.02. The minimum atomic E-state index is -0.167. The monoisotopic (exact) mass is 472 g/mol. The Labute approximate surface area is 197 Å². The predicted octanol–water partition coefficient (Wildman–Crippen LogP) is 6.42. The van der Waals surface area contributed by atoms with Crippen molar-refractivity contribution < 1.29 is 4.39 Å². The maximum atomic E-state index is 13.8. The van der Waals surface area contributed by atoms with Gasteiger partial charge in [-0.25, -0.2) is 9.37 Å². The minimum Gasteiger partial charge on any atom is -0.348 e. The molecule has 0 fully saturated rings. The smallest absolute Gasteiger partial charge is 0.214 e. The Morgan fingerprint density at radius 1 is 0.903 bits per heavy atom. The van der Waals surface area contributed by atoms with Gasteiger partial charge < -0.3 is 4.98 Å². The van der Waals surface area contributed by atoms with Gasteiger partial charge in [0.15, 0.2) is 0 Å². The zero-order valence-corrected chi connectivity index (χ0v) is 19.2. The molecule has 0 unspecified atom stereocenters. The van der Waals surface area contributed by atoms with Crippen LogP contribution in [0.5, 0.6) is 0 Å². The molecule has 0 spiro atoms. The third-order valence-electron chi connectivity index (χ3n) is 4.90. The molecule has 31 heavy (non-hydrogen) atoms. The number of rotatable bonds is 5. The standard InChI is InChI=1S/C14H13BClF.C10H8Cl2N2/c1-2-15(11-7-3-5-9-13(11)16)12-8-4-6-10-14(12)17;11-8-2-1-7(9(12)6-8)5-10-13-3-4-14-10/h3-10H,2H2,1H3;1-4,6H,5H2,(H,13,14). The summed E-state index contributed by atoms with van der Waals surface area (Å²) in [6.07, 6.45) is 5.03. The number of H-pyrrole nitrogens is 1. The summed E-state index contributed by atoms with van der Waals surface area (Å²) in [6.45, 7) is 2.06. The van der Waals surface area contributed by atoms with Crippen LogP contribution in [0.4, 0.5) is 4.39 Å². The maximum absolute atomic E-state index is 13.8. The number of imidazole rings is 1. The SMILES string of the molecule is CCB(c1ccccc1F)c1ccccc1Cl.Clc1ccc(Cc2ncc[nH]2)c(Cl)c1. The summed E-state index contributed by atoms with van der Waals surface area (Å²) in [4.78, 5) is 7.15. The zero-order chi connectivity index (χ0) is 22.2. The van der Waals surface area contributed by atoms with Gasteiger partial charge in [-0.1, -0.05) is 96.0 Å². The van der Waals surface area contributed by atoms with Crippen molar-refractivity contribution in [3.63, 3.8) is 0 Å². The van der Waals surface area contributed by atoms with Gasteiger partial charge in [-0.3, -0.25) is 0 Å². The molecule has 0 radical (unpaired) electrons. The van der Waals surface area contributed by atoms with E-state index in [-0.39, 0.29) is 12.5 Å². The molecule has 0 aliphatic heterocycles. The number of nitrogens with zero attached hydrogens (tertiary/aromatic N) is 1. The van der Waals surface area contributed by atoms with Crippen LogP contribution in [-0.4, -0.2) is 16.7 Å². The molecule has 0 saturated carbocycles. The Bertz CT molecular complexity index is 1070. The van der Waals surface area contributed by atoms with Crippen LogP contribution < -0.4 is 10.9 Å². The van der Waals surface area contributed by atoms with Crippen molar-refractivity contribution in [2.75, 3.05) is 0 Å². The molecule has 4 aromatic rings. The van der Waals surface area contributed by atoms with Crippen LogP contribution in [0.15, 0.2) is 79.1 Å². The molecule has 3 aromatic carbocycles. The van der Waals surface area contributed by atoms with E-state index >= 15 is 0 Å². The summed E-state index contributed by atoms with van der Waals surface area (Å²) in [7, 11) is 0. The summed E-state index contributed by atoms with van der Waals surface area (Å²) in [5.41, 5.74) is 2.72. The van der Waals surface area contributed by atoms with Gasteiger partial charge in [0.1, 0.15) is 11.6 Å². The number of nitrogens with one attached hydrogen (secondary N) is 1. The van der Waals surface area contributed by atoms with Crippen molar-refractivity contribution in [1.29, 1.82) is 0 Å². The first-order valence-corrected chi connectivity index (χ1v) is 11.0. The van der Waals surface area contributed by atoms with Crippen LogP contribution in [0.2, 0.25) is 21.4 Å². The second kappa shape index (κ2) is 11.4. The van der Waals surface area contributed by atoms with Crippen LogP contribution in [0, 0.1) is 5.82 Å². The molecule has 158 valence electrons. The van der Waals surface area contributed by atoms with Crippen LogP contribution >= 0.6 is 34.8 Å². The Kier molecular flexibility index (Phi) is 8.59. The average Bonchev–Trinajstić information content (AvgIpc) is 3.27. The second-order valence-corrected chi connectivity index (χ2v) is 8.20. The van der Waals surface area contributed by atoms with Crippen molar-refractivity contribution in [2.24, 2.45) is 0 Å². The molecular formula is C24H21BCl3FN2. The van der Waals surface area contributed by atoms with Crippen LogP contribution in [0.1, 0.15) is 18.3 Å². The Morgan fingerprint density at radius 3 is 2.23 bits per heavy atom. The van der Waals surface area contributed by atoms with Gasteiger partial charge in [0, 0.05) is 33.9 Å². The van der Waals surface area contributed by atoms with E-state index in [0.29, 0.717) is 27.0 Å². The predicted molar refractivity (Wildman–Crippen MR) is 131 cm³/mol. The van der Waals surface area contributed by atoms with Gasteiger partial charge >= 0.3 is 0 Å². The largest absolute Gasteiger partial charge is 0.348 e. The van der Waals surface area contributed by atoms with Gasteiger partial charge in [0.2, 0.25) is 6.71 Å². The molecule has 1 heterocycles. The second-order valence-electron chi connectivity index (χ2n) is 6.95. The normalized spacial score (nSPS) is 10.4. The van der Waals surface area contributed by atoms with Gasteiger partial charge in [0.05, 0.1) is 0 Å². The van der Waals surface area contributed by atoms with Gasteiger partial charge in [-0.2, -0.15) is 0 Å². The van der Waals surface area contributed by atoms with E-state index in [0.717, 1.165) is 23.2 Å². The van der Waals surface area contributed by atoms with E-state index in [1.165, 1.54) is 6.07 Å². The fourth-order valence-corrected chi connectivity index (χ4v) is 4.11. The number of halogens is 4. The van der Waals surface area contributed by atoms with Crippen molar-refractivity contribution in [3.8, 4) is 0 Å². The van der Waals surface area contributed by atoms with Crippen LogP contribution in [0.25, 0.3) is 0 Å². The van der Waals surface area contributed by atoms with Crippen molar-refractivity contribution >= 4 is 52.4 Å². The molecule has 0 aliphatic carbocycles. The lowest BCUT2D eigenvalue weighted by Crippen LogP contribution is -2.43. The highest BCUT2D eigenvalue weighted by Crippen LogP contribution is 2.22. The van der Waals surface area contributed by atoms with Gasteiger partial charge in [-0.15, -0.1) is 0 Å². The van der Waals surface area contributed by atoms with Crippen molar-refractivity contribution in [1.82, 2.24) is 9.97 Å². The molecule has 0 saturated heterocycles. The molecular weight excluding hydrogens is 452 g/mol. The van der Waals surface area contributed by atoms with E-state index in [2.05, 4.69) is 9.97 Å². The van der Waals surface area contributed by atoms with E-state index in [9.17, 15) is 4.39 Å². The number of aromatic nitrogens is 2. The fraction of sp³-hybridized carbons (Fsp3) is 0.125. The number of hydrogen-bond donors (Lipinski definition) is 1. The topological polar surface area (TPSA) is 28.7 Å². The van der Waals surface area contributed by atoms with E-state index in [1.54, 1.807) is 24.5 Å². The first-order chi connectivity index (χ1) is 15.0. The Balaban J connectivity index is 0.000000179. The molecule has 0 aliphatic rings.